The molecule has 0 heterocycles. The highest BCUT2D eigenvalue weighted by Crippen LogP contribution is 2.23. The van der Waals surface area contributed by atoms with Crippen LogP contribution in [0.5, 0.6) is 0 Å². The number of hydrogen-bond donors (Lipinski definition) is 1. The number of hydrogen-bond acceptors (Lipinski definition) is 4. The molecule has 0 aromatic heterocycles. The van der Waals surface area contributed by atoms with Gasteiger partial charge in [0.1, 0.15) is 6.04 Å². The minimum atomic E-state index is -3.55. The van der Waals surface area contributed by atoms with Crippen molar-refractivity contribution in [3.63, 3.8) is 0 Å². The SMILES string of the molecule is Cc1cccc(N(CCCC(=O)N(Cc2ccccc2C)[C@H](Cc2ccccc2)C(=O)NC2CCCCC2)S(C)(=O)=O)c1. The average Bonchev–Trinajstić information content (AvgIpc) is 2.98. The molecule has 0 saturated heterocycles. The Hall–Kier alpha value is -3.65. The summed E-state index contributed by atoms with van der Waals surface area (Å²) in [7, 11) is -3.55. The average molecular weight is 604 g/mol. The summed E-state index contributed by atoms with van der Waals surface area (Å²) in [6.45, 7) is 4.40. The molecule has 0 radical (unpaired) electrons. The standard InChI is InChI=1S/C35H45N3O4S/c1-27-14-12-21-32(24-27)38(43(3,41)42)23-13-22-34(39)37(26-30-18-11-10-15-28(30)2)33(25-29-16-6-4-7-17-29)35(40)36-31-19-8-5-9-20-31/h4,6-7,10-12,14-18,21,24,31,33H,5,8-9,13,19-20,22-23,25-26H2,1-3H3,(H,36,40)/t33-/m1/s1. The minimum absolute atomic E-state index is 0.117. The van der Waals surface area contributed by atoms with Gasteiger partial charge in [0.25, 0.3) is 0 Å². The van der Waals surface area contributed by atoms with Gasteiger partial charge in [0, 0.05) is 32.0 Å². The monoisotopic (exact) mass is 603 g/mol. The Morgan fingerprint density at radius 2 is 1.60 bits per heavy atom. The molecule has 0 unspecified atom stereocenters. The normalized spacial score (nSPS) is 14.6. The van der Waals surface area contributed by atoms with Crippen molar-refractivity contribution in [1.29, 1.82) is 0 Å². The predicted molar refractivity (Wildman–Crippen MR) is 173 cm³/mol. The molecule has 0 bridgehead atoms. The summed E-state index contributed by atoms with van der Waals surface area (Å²) in [5.74, 6) is -0.295. The number of nitrogens with one attached hydrogen (secondary N) is 1. The zero-order chi connectivity index (χ0) is 30.8. The molecule has 1 N–H and O–H groups in total. The van der Waals surface area contributed by atoms with Crippen molar-refractivity contribution >= 4 is 27.5 Å². The second-order valence-corrected chi connectivity index (χ2v) is 13.7. The third-order valence-corrected chi connectivity index (χ3v) is 9.46. The van der Waals surface area contributed by atoms with E-state index in [9.17, 15) is 18.0 Å². The van der Waals surface area contributed by atoms with Gasteiger partial charge in [-0.2, -0.15) is 0 Å². The van der Waals surface area contributed by atoms with Crippen molar-refractivity contribution in [2.45, 2.75) is 83.8 Å². The number of nitrogens with zero attached hydrogens (tertiary/aromatic N) is 2. The van der Waals surface area contributed by atoms with Crippen LogP contribution in [0.2, 0.25) is 0 Å². The van der Waals surface area contributed by atoms with Gasteiger partial charge in [-0.05, 0) is 67.5 Å². The zero-order valence-corrected chi connectivity index (χ0v) is 26.5. The predicted octanol–water partition coefficient (Wildman–Crippen LogP) is 5.94. The van der Waals surface area contributed by atoms with Crippen LogP contribution in [0.15, 0.2) is 78.9 Å². The number of carbonyl (C=O) groups excluding carboxylic acids is 2. The van der Waals surface area contributed by atoms with E-state index in [0.717, 1.165) is 47.9 Å². The lowest BCUT2D eigenvalue weighted by Gasteiger charge is -2.34. The van der Waals surface area contributed by atoms with Gasteiger partial charge in [0.05, 0.1) is 11.9 Å². The summed E-state index contributed by atoms with van der Waals surface area (Å²) in [6, 6.07) is 24.5. The van der Waals surface area contributed by atoms with E-state index in [0.29, 0.717) is 25.1 Å². The van der Waals surface area contributed by atoms with Gasteiger partial charge >= 0.3 is 0 Å². The Bertz CT molecular complexity index is 1470. The lowest BCUT2D eigenvalue weighted by atomic mass is 9.94. The molecule has 7 nitrogen and oxygen atoms in total. The second-order valence-electron chi connectivity index (χ2n) is 11.8. The fourth-order valence-electron chi connectivity index (χ4n) is 5.86. The van der Waals surface area contributed by atoms with Crippen molar-refractivity contribution in [2.75, 3.05) is 17.1 Å². The molecule has 1 aliphatic rings. The van der Waals surface area contributed by atoms with Crippen LogP contribution in [-0.2, 0) is 32.6 Å². The van der Waals surface area contributed by atoms with Crippen molar-refractivity contribution in [2.24, 2.45) is 0 Å². The molecule has 1 atom stereocenters. The quantitative estimate of drug-likeness (QED) is 0.262. The van der Waals surface area contributed by atoms with E-state index >= 15 is 0 Å². The molecular weight excluding hydrogens is 558 g/mol. The van der Waals surface area contributed by atoms with Crippen LogP contribution in [0.1, 0.15) is 67.2 Å². The summed E-state index contributed by atoms with van der Waals surface area (Å²) in [5.41, 5.74) is 4.56. The van der Waals surface area contributed by atoms with Gasteiger partial charge in [-0.25, -0.2) is 8.42 Å². The maximum atomic E-state index is 14.1. The highest BCUT2D eigenvalue weighted by Gasteiger charge is 2.32. The minimum Gasteiger partial charge on any atom is -0.352 e. The van der Waals surface area contributed by atoms with Crippen LogP contribution in [-0.4, -0.2) is 50.0 Å². The molecule has 1 fully saturated rings. The summed E-state index contributed by atoms with van der Waals surface area (Å²) < 4.78 is 26.8. The van der Waals surface area contributed by atoms with Gasteiger partial charge in [0.15, 0.2) is 0 Å². The number of anilines is 1. The number of rotatable bonds is 13. The fraction of sp³-hybridized carbons (Fsp3) is 0.429. The molecule has 1 saturated carbocycles. The van der Waals surface area contributed by atoms with E-state index < -0.39 is 16.1 Å². The van der Waals surface area contributed by atoms with E-state index in [4.69, 9.17) is 0 Å². The van der Waals surface area contributed by atoms with Crippen LogP contribution >= 0.6 is 0 Å². The Morgan fingerprint density at radius 3 is 2.28 bits per heavy atom. The molecule has 1 aliphatic carbocycles. The summed E-state index contributed by atoms with van der Waals surface area (Å²) in [4.78, 5) is 29.8. The van der Waals surface area contributed by atoms with Crippen LogP contribution in [0, 0.1) is 13.8 Å². The van der Waals surface area contributed by atoms with E-state index in [2.05, 4.69) is 5.32 Å². The molecule has 4 rings (SSSR count). The van der Waals surface area contributed by atoms with Crippen LogP contribution in [0.3, 0.4) is 0 Å². The molecule has 0 spiro atoms. The lowest BCUT2D eigenvalue weighted by Crippen LogP contribution is -2.53. The maximum absolute atomic E-state index is 14.1. The Labute approximate surface area is 257 Å². The largest absolute Gasteiger partial charge is 0.352 e. The van der Waals surface area contributed by atoms with Crippen LogP contribution in [0.25, 0.3) is 0 Å². The van der Waals surface area contributed by atoms with Crippen LogP contribution in [0.4, 0.5) is 5.69 Å². The van der Waals surface area contributed by atoms with E-state index in [1.807, 2.05) is 86.6 Å². The first kappa shape index (κ1) is 32.3. The smallest absolute Gasteiger partial charge is 0.243 e. The first-order valence-corrected chi connectivity index (χ1v) is 17.2. The Morgan fingerprint density at radius 1 is 0.907 bits per heavy atom. The molecule has 230 valence electrons. The fourth-order valence-corrected chi connectivity index (χ4v) is 6.81. The van der Waals surface area contributed by atoms with Gasteiger partial charge in [-0.3, -0.25) is 13.9 Å². The summed E-state index contributed by atoms with van der Waals surface area (Å²) >= 11 is 0. The molecule has 0 aliphatic heterocycles. The lowest BCUT2D eigenvalue weighted by molar-refractivity contribution is -0.141. The third-order valence-electron chi connectivity index (χ3n) is 8.27. The van der Waals surface area contributed by atoms with Crippen molar-refractivity contribution in [3.05, 3.63) is 101 Å². The number of carbonyl (C=O) groups is 2. The second kappa shape index (κ2) is 15.2. The highest BCUT2D eigenvalue weighted by molar-refractivity contribution is 7.92. The Balaban J connectivity index is 1.60. The maximum Gasteiger partial charge on any atom is 0.243 e. The van der Waals surface area contributed by atoms with Crippen molar-refractivity contribution in [1.82, 2.24) is 10.2 Å². The van der Waals surface area contributed by atoms with Gasteiger partial charge in [-0.15, -0.1) is 0 Å². The zero-order valence-electron chi connectivity index (χ0n) is 25.7. The van der Waals surface area contributed by atoms with Crippen LogP contribution < -0.4 is 9.62 Å². The Kier molecular flexibility index (Phi) is 11.4. The number of benzene rings is 3. The molecule has 8 heteroatoms. The third kappa shape index (κ3) is 9.42. The summed E-state index contributed by atoms with van der Waals surface area (Å²) in [5, 5.41) is 3.28. The number of sulfonamides is 1. The van der Waals surface area contributed by atoms with E-state index in [-0.39, 0.29) is 30.8 Å². The first-order chi connectivity index (χ1) is 20.6. The summed E-state index contributed by atoms with van der Waals surface area (Å²) in [6.07, 6.45) is 7.31. The van der Waals surface area contributed by atoms with E-state index in [1.165, 1.54) is 17.0 Å². The van der Waals surface area contributed by atoms with Crippen molar-refractivity contribution < 1.29 is 18.0 Å². The number of aryl methyl sites for hydroxylation is 2. The molecule has 43 heavy (non-hydrogen) atoms. The molecule has 3 aromatic carbocycles. The van der Waals surface area contributed by atoms with Gasteiger partial charge in [0.2, 0.25) is 21.8 Å². The first-order valence-electron chi connectivity index (χ1n) is 15.3. The molecule has 2 amide bonds. The van der Waals surface area contributed by atoms with Crippen molar-refractivity contribution in [3.8, 4) is 0 Å². The topological polar surface area (TPSA) is 86.8 Å². The molecular formula is C35H45N3O4S. The number of amides is 2. The van der Waals surface area contributed by atoms with Gasteiger partial charge < -0.3 is 10.2 Å². The van der Waals surface area contributed by atoms with Gasteiger partial charge in [-0.1, -0.05) is 86.0 Å². The highest BCUT2D eigenvalue weighted by atomic mass is 32.2. The molecule has 3 aromatic rings. The van der Waals surface area contributed by atoms with E-state index in [1.54, 1.807) is 11.0 Å².